The quantitative estimate of drug-likeness (QED) is 0.836. The van der Waals surface area contributed by atoms with Crippen molar-refractivity contribution in [3.63, 3.8) is 0 Å². The molecule has 114 valence electrons. The fourth-order valence-electron chi connectivity index (χ4n) is 2.65. The van der Waals surface area contributed by atoms with Gasteiger partial charge in [-0.1, -0.05) is 12.1 Å². The van der Waals surface area contributed by atoms with Crippen LogP contribution in [0.15, 0.2) is 36.5 Å². The molecule has 2 aromatic rings. The lowest BCUT2D eigenvalue weighted by molar-refractivity contribution is 0.413. The maximum absolute atomic E-state index is 14.2. The van der Waals surface area contributed by atoms with Gasteiger partial charge in [0.25, 0.3) is 0 Å². The van der Waals surface area contributed by atoms with Gasteiger partial charge in [0.15, 0.2) is 0 Å². The van der Waals surface area contributed by atoms with Crippen molar-refractivity contribution in [1.29, 1.82) is 0 Å². The first kappa shape index (κ1) is 14.4. The highest BCUT2D eigenvalue weighted by Gasteiger charge is 2.25. The summed E-state index contributed by atoms with van der Waals surface area (Å²) in [5, 5.41) is 0. The molecule has 0 bridgehead atoms. The molecule has 0 radical (unpaired) electrons. The van der Waals surface area contributed by atoms with Gasteiger partial charge in [-0.2, -0.15) is 0 Å². The number of halogens is 1. The van der Waals surface area contributed by atoms with Gasteiger partial charge >= 0.3 is 0 Å². The summed E-state index contributed by atoms with van der Waals surface area (Å²) >= 11 is 0. The van der Waals surface area contributed by atoms with E-state index in [9.17, 15) is 4.39 Å². The van der Waals surface area contributed by atoms with Crippen LogP contribution < -0.4 is 21.1 Å². The Hall–Kier alpha value is -2.53. The molecule has 0 saturated carbocycles. The van der Waals surface area contributed by atoms with Gasteiger partial charge in [-0.15, -0.1) is 0 Å². The highest BCUT2D eigenvalue weighted by molar-refractivity contribution is 5.76. The molecule has 0 spiro atoms. The summed E-state index contributed by atoms with van der Waals surface area (Å²) in [6, 6.07) is 8.43. The molecule has 1 heterocycles. The fourth-order valence-corrected chi connectivity index (χ4v) is 2.65. The van der Waals surface area contributed by atoms with Gasteiger partial charge < -0.3 is 21.1 Å². The van der Waals surface area contributed by atoms with E-state index in [2.05, 4.69) is 0 Å². The number of aryl methyl sites for hydroxylation is 1. The van der Waals surface area contributed by atoms with E-state index >= 15 is 0 Å². The molecule has 0 fully saturated rings. The number of nitrogens with zero attached hydrogens (tertiary/aromatic N) is 1. The Morgan fingerprint density at radius 2 is 2.00 bits per heavy atom. The number of anilines is 2. The number of ether oxygens (including phenoxy) is 1. The summed E-state index contributed by atoms with van der Waals surface area (Å²) in [6.07, 6.45) is 3.10. The number of benzene rings is 2. The molecule has 22 heavy (non-hydrogen) atoms. The maximum atomic E-state index is 14.2. The van der Waals surface area contributed by atoms with Crippen LogP contribution in [0, 0.1) is 12.7 Å². The third-order valence-corrected chi connectivity index (χ3v) is 3.99. The summed E-state index contributed by atoms with van der Waals surface area (Å²) in [5.41, 5.74) is 16.3. The Morgan fingerprint density at radius 1 is 1.23 bits per heavy atom. The molecule has 1 atom stereocenters. The molecule has 5 heteroatoms. The zero-order valence-corrected chi connectivity index (χ0v) is 12.5. The summed E-state index contributed by atoms with van der Waals surface area (Å²) in [7, 11) is 1.54. The van der Waals surface area contributed by atoms with Gasteiger partial charge in [-0.3, -0.25) is 0 Å². The SMILES string of the molecule is COc1ccc(F)c(N2C=Cc3c(ccc(C)c3N)C2N)c1. The third-order valence-electron chi connectivity index (χ3n) is 3.99. The molecule has 0 saturated heterocycles. The first-order valence-electron chi connectivity index (χ1n) is 6.97. The van der Waals surface area contributed by atoms with E-state index in [4.69, 9.17) is 16.2 Å². The third kappa shape index (κ3) is 2.19. The van der Waals surface area contributed by atoms with Gasteiger partial charge in [0.05, 0.1) is 12.8 Å². The Morgan fingerprint density at radius 3 is 2.73 bits per heavy atom. The first-order valence-corrected chi connectivity index (χ1v) is 6.97. The summed E-state index contributed by atoms with van der Waals surface area (Å²) < 4.78 is 19.3. The van der Waals surface area contributed by atoms with Crippen molar-refractivity contribution in [2.45, 2.75) is 13.1 Å². The molecule has 0 amide bonds. The number of hydrogen-bond acceptors (Lipinski definition) is 4. The lowest BCUT2D eigenvalue weighted by Gasteiger charge is -2.33. The number of nitrogens with two attached hydrogens (primary N) is 2. The Bertz CT molecular complexity index is 758. The lowest BCUT2D eigenvalue weighted by Crippen LogP contribution is -2.33. The van der Waals surface area contributed by atoms with Crippen molar-refractivity contribution in [1.82, 2.24) is 0 Å². The van der Waals surface area contributed by atoms with Crippen molar-refractivity contribution in [3.05, 3.63) is 59.0 Å². The van der Waals surface area contributed by atoms with Crippen molar-refractivity contribution in [2.75, 3.05) is 17.7 Å². The Balaban J connectivity index is 2.08. The van der Waals surface area contributed by atoms with Crippen LogP contribution in [0.4, 0.5) is 15.8 Å². The summed E-state index contributed by atoms with van der Waals surface area (Å²) in [5.74, 6) is 0.218. The van der Waals surface area contributed by atoms with E-state index in [1.54, 1.807) is 30.3 Å². The van der Waals surface area contributed by atoms with Gasteiger partial charge in [0, 0.05) is 23.5 Å². The average molecular weight is 299 g/mol. The van der Waals surface area contributed by atoms with Crippen molar-refractivity contribution in [3.8, 4) is 5.75 Å². The zero-order valence-electron chi connectivity index (χ0n) is 12.5. The fraction of sp³-hybridized carbons (Fsp3) is 0.176. The summed E-state index contributed by atoms with van der Waals surface area (Å²) in [4.78, 5) is 1.68. The van der Waals surface area contributed by atoms with Gasteiger partial charge in [0.2, 0.25) is 0 Å². The minimum absolute atomic E-state index is 0.357. The van der Waals surface area contributed by atoms with Crippen LogP contribution in [0.5, 0.6) is 5.75 Å². The molecule has 4 nitrogen and oxygen atoms in total. The van der Waals surface area contributed by atoms with E-state index < -0.39 is 6.17 Å². The van der Waals surface area contributed by atoms with Gasteiger partial charge in [-0.25, -0.2) is 4.39 Å². The molecular formula is C17H18FN3O. The maximum Gasteiger partial charge on any atom is 0.147 e. The first-order chi connectivity index (χ1) is 10.5. The smallest absolute Gasteiger partial charge is 0.147 e. The van der Waals surface area contributed by atoms with E-state index in [0.29, 0.717) is 17.1 Å². The van der Waals surface area contributed by atoms with E-state index in [1.165, 1.54) is 6.07 Å². The van der Waals surface area contributed by atoms with Crippen LogP contribution in [0.3, 0.4) is 0 Å². The van der Waals surface area contributed by atoms with Gasteiger partial charge in [0.1, 0.15) is 17.7 Å². The van der Waals surface area contributed by atoms with Crippen LogP contribution in [-0.4, -0.2) is 7.11 Å². The van der Waals surface area contributed by atoms with Crippen molar-refractivity contribution in [2.24, 2.45) is 5.73 Å². The number of nitrogen functional groups attached to an aromatic ring is 1. The average Bonchev–Trinajstić information content (AvgIpc) is 2.52. The Labute approximate surface area is 128 Å². The number of hydrogen-bond donors (Lipinski definition) is 2. The molecule has 1 aliphatic heterocycles. The highest BCUT2D eigenvalue weighted by atomic mass is 19.1. The molecule has 3 rings (SSSR count). The standard InChI is InChI=1S/C17H18FN3O/c1-10-3-5-13-12(16(10)19)7-8-21(17(13)20)15-9-11(22-2)4-6-14(15)18/h3-9,17H,19-20H2,1-2H3. The van der Waals surface area contributed by atoms with Crippen LogP contribution in [-0.2, 0) is 0 Å². The molecule has 1 unspecified atom stereocenters. The number of methoxy groups -OCH3 is 1. The largest absolute Gasteiger partial charge is 0.497 e. The normalized spacial score (nSPS) is 16.5. The minimum atomic E-state index is -0.510. The number of fused-ring (bicyclic) bond motifs is 1. The van der Waals surface area contributed by atoms with E-state index in [1.807, 2.05) is 25.1 Å². The number of rotatable bonds is 2. The second kappa shape index (κ2) is 5.35. The minimum Gasteiger partial charge on any atom is -0.497 e. The van der Waals surface area contributed by atoms with Crippen molar-refractivity contribution < 1.29 is 9.13 Å². The van der Waals surface area contributed by atoms with Crippen LogP contribution >= 0.6 is 0 Å². The second-order valence-corrected chi connectivity index (χ2v) is 5.28. The van der Waals surface area contributed by atoms with Crippen LogP contribution in [0.1, 0.15) is 22.9 Å². The molecular weight excluding hydrogens is 281 g/mol. The topological polar surface area (TPSA) is 64.5 Å². The van der Waals surface area contributed by atoms with Gasteiger partial charge in [-0.05, 0) is 36.3 Å². The molecule has 2 aromatic carbocycles. The van der Waals surface area contributed by atoms with E-state index in [0.717, 1.165) is 16.7 Å². The van der Waals surface area contributed by atoms with Crippen LogP contribution in [0.2, 0.25) is 0 Å². The van der Waals surface area contributed by atoms with E-state index in [-0.39, 0.29) is 5.82 Å². The predicted molar refractivity (Wildman–Crippen MR) is 87.0 cm³/mol. The molecule has 4 N–H and O–H groups in total. The Kier molecular flexibility index (Phi) is 3.50. The lowest BCUT2D eigenvalue weighted by atomic mass is 9.96. The molecule has 0 aromatic heterocycles. The monoisotopic (exact) mass is 299 g/mol. The summed E-state index contributed by atoms with van der Waals surface area (Å²) in [6.45, 7) is 1.95. The second-order valence-electron chi connectivity index (χ2n) is 5.28. The highest BCUT2D eigenvalue weighted by Crippen LogP contribution is 2.37. The zero-order chi connectivity index (χ0) is 15.9. The molecule has 0 aliphatic carbocycles. The molecule has 1 aliphatic rings. The predicted octanol–water partition coefficient (Wildman–Crippen LogP) is 3.17. The van der Waals surface area contributed by atoms with Crippen LogP contribution in [0.25, 0.3) is 6.08 Å². The van der Waals surface area contributed by atoms with Crippen molar-refractivity contribution >= 4 is 17.5 Å².